The number of hydrogen-bond acceptors (Lipinski definition) is 10. The molecule has 2 amide bonds. The molecule has 3 aliphatic carbocycles. The van der Waals surface area contributed by atoms with Crippen molar-refractivity contribution in [2.45, 2.75) is 171 Å². The standard InChI is InChI=1S/C45H73N7O5/c1-50-37(29-31-16-7-3-8-17-31)43(56)51-36(20-11-12-26-46)44(57)52-27-13-21-38(52)42(55)45(33-18-9-4-10-19-33,40(49)39(53)32-22-24-34(47)25-23-32)41(54)35(48)28-30-14-5-2-6-15-30/h3,7-8,16-17,30,32-38,40,50H,2,4-6,9-15,18-29,46-49H2,1H3,(H,51,56)/t32?,34?,35-,36+,37+,38+,40-,45?/m1/s1. The fourth-order valence-electron chi connectivity index (χ4n) is 10.7. The van der Waals surface area contributed by atoms with Crippen molar-refractivity contribution in [2.24, 2.45) is 46.1 Å². The maximum Gasteiger partial charge on any atom is 0.245 e. The molecule has 3 saturated carbocycles. The Bertz CT molecular complexity index is 1470. The quantitative estimate of drug-likeness (QED) is 0.0829. The van der Waals surface area contributed by atoms with Crippen molar-refractivity contribution in [2.75, 3.05) is 20.1 Å². The number of nitrogens with one attached hydrogen (secondary N) is 2. The molecule has 1 saturated heterocycles. The fourth-order valence-corrected chi connectivity index (χ4v) is 10.7. The van der Waals surface area contributed by atoms with Gasteiger partial charge in [0.05, 0.1) is 24.2 Å². The SMILES string of the molecule is CN[C@@H](Cc1ccccc1)C(=O)N[C@@H](CCCCN)C(=O)N1CCC[C@H]1C(=O)C(C(=O)[C@H](N)CC1CCCCC1)(C1CCCCC1)[C@H](N)C(=O)C1CCC(N)CC1. The molecule has 12 heteroatoms. The predicted molar refractivity (Wildman–Crippen MR) is 224 cm³/mol. The van der Waals surface area contributed by atoms with Gasteiger partial charge in [-0.1, -0.05) is 81.7 Å². The number of rotatable bonds is 20. The van der Waals surface area contributed by atoms with Crippen LogP contribution in [0.1, 0.15) is 134 Å². The van der Waals surface area contributed by atoms with Gasteiger partial charge in [-0.15, -0.1) is 0 Å². The first-order valence-electron chi connectivity index (χ1n) is 22.4. The van der Waals surface area contributed by atoms with E-state index in [9.17, 15) is 14.4 Å². The van der Waals surface area contributed by atoms with Gasteiger partial charge in [0.2, 0.25) is 11.8 Å². The van der Waals surface area contributed by atoms with E-state index >= 15 is 9.59 Å². The third kappa shape index (κ3) is 11.0. The van der Waals surface area contributed by atoms with Gasteiger partial charge < -0.3 is 38.5 Å². The highest BCUT2D eigenvalue weighted by Gasteiger charge is 2.62. The van der Waals surface area contributed by atoms with Crippen LogP contribution in [0.4, 0.5) is 0 Å². The molecule has 5 rings (SSSR count). The molecule has 0 aromatic heterocycles. The number of benzene rings is 1. The lowest BCUT2D eigenvalue weighted by atomic mass is 9.55. The highest BCUT2D eigenvalue weighted by atomic mass is 16.2. The molecule has 12 nitrogen and oxygen atoms in total. The number of carbonyl (C=O) groups is 5. The zero-order valence-corrected chi connectivity index (χ0v) is 34.6. The number of unbranched alkanes of at least 4 members (excludes halogenated alkanes) is 1. The van der Waals surface area contributed by atoms with Gasteiger partial charge in [-0.05, 0) is 114 Å². The average Bonchev–Trinajstić information content (AvgIpc) is 3.73. The Morgan fingerprint density at radius 2 is 1.46 bits per heavy atom. The lowest BCUT2D eigenvalue weighted by Gasteiger charge is -2.47. The minimum Gasteiger partial charge on any atom is -0.343 e. The number of likely N-dealkylation sites (N-methyl/N-ethyl adjacent to an activating group) is 1. The summed E-state index contributed by atoms with van der Waals surface area (Å²) in [6.45, 7) is 0.740. The number of nitrogens with zero attached hydrogens (tertiary/aromatic N) is 1. The third-order valence-electron chi connectivity index (χ3n) is 14.0. The zero-order valence-electron chi connectivity index (χ0n) is 34.6. The Labute approximate surface area is 341 Å². The van der Waals surface area contributed by atoms with Crippen LogP contribution in [-0.4, -0.2) is 90.5 Å². The number of nitrogens with two attached hydrogens (primary N) is 4. The number of carbonyl (C=O) groups excluding carboxylic acids is 5. The number of amides is 2. The lowest BCUT2D eigenvalue weighted by molar-refractivity contribution is -0.158. The Kier molecular flexibility index (Phi) is 17.3. The van der Waals surface area contributed by atoms with Crippen LogP contribution in [0.5, 0.6) is 0 Å². The summed E-state index contributed by atoms with van der Waals surface area (Å²) < 4.78 is 0. The summed E-state index contributed by atoms with van der Waals surface area (Å²) >= 11 is 0. The van der Waals surface area contributed by atoms with E-state index in [1.807, 2.05) is 30.3 Å². The monoisotopic (exact) mass is 792 g/mol. The highest BCUT2D eigenvalue weighted by molar-refractivity contribution is 6.16. The van der Waals surface area contributed by atoms with Crippen LogP contribution in [-0.2, 0) is 30.4 Å². The summed E-state index contributed by atoms with van der Waals surface area (Å²) in [7, 11) is 1.72. The van der Waals surface area contributed by atoms with Gasteiger partial charge in [0.25, 0.3) is 0 Å². The third-order valence-corrected chi connectivity index (χ3v) is 14.0. The molecule has 1 heterocycles. The Hall–Kier alpha value is -3.03. The summed E-state index contributed by atoms with van der Waals surface area (Å²) in [4.78, 5) is 76.2. The lowest BCUT2D eigenvalue weighted by Crippen LogP contribution is -2.68. The van der Waals surface area contributed by atoms with E-state index in [1.165, 1.54) is 0 Å². The minimum atomic E-state index is -1.86. The van der Waals surface area contributed by atoms with Crippen LogP contribution >= 0.6 is 0 Å². The summed E-state index contributed by atoms with van der Waals surface area (Å²) in [6.07, 6.45) is 15.0. The van der Waals surface area contributed by atoms with Gasteiger partial charge in [-0.2, -0.15) is 0 Å². The molecular weight excluding hydrogens is 719 g/mol. The number of Topliss-reactive ketones (excluding diaryl/α,β-unsaturated/α-hetero) is 3. The van der Waals surface area contributed by atoms with Crippen molar-refractivity contribution < 1.29 is 24.0 Å². The number of likely N-dealkylation sites (tertiary alicyclic amines) is 1. The van der Waals surface area contributed by atoms with Gasteiger partial charge in [0.15, 0.2) is 17.3 Å². The topological polar surface area (TPSA) is 217 Å². The van der Waals surface area contributed by atoms with Crippen molar-refractivity contribution in [1.29, 1.82) is 0 Å². The summed E-state index contributed by atoms with van der Waals surface area (Å²) in [5.74, 6) is -2.34. The molecule has 1 unspecified atom stereocenters. The van der Waals surface area contributed by atoms with Crippen molar-refractivity contribution >= 4 is 29.2 Å². The van der Waals surface area contributed by atoms with E-state index < -0.39 is 59.0 Å². The van der Waals surface area contributed by atoms with Crippen LogP contribution in [0, 0.1) is 23.2 Å². The largest absolute Gasteiger partial charge is 0.343 e. The van der Waals surface area contributed by atoms with Crippen LogP contribution in [0.25, 0.3) is 0 Å². The van der Waals surface area contributed by atoms with Crippen LogP contribution in [0.2, 0.25) is 0 Å². The first-order valence-corrected chi connectivity index (χ1v) is 22.4. The maximum absolute atomic E-state index is 15.8. The molecule has 6 atom stereocenters. The Balaban J connectivity index is 1.49. The number of hydrogen-bond donors (Lipinski definition) is 6. The molecule has 0 radical (unpaired) electrons. The molecule has 318 valence electrons. The van der Waals surface area contributed by atoms with Gasteiger partial charge in [-0.25, -0.2) is 0 Å². The summed E-state index contributed by atoms with van der Waals surface area (Å²) in [5.41, 5.74) is 25.4. The molecule has 1 aromatic carbocycles. The van der Waals surface area contributed by atoms with Gasteiger partial charge in [0, 0.05) is 18.5 Å². The molecule has 0 spiro atoms. The van der Waals surface area contributed by atoms with Crippen LogP contribution in [0.15, 0.2) is 30.3 Å². The molecule has 0 bridgehead atoms. The van der Waals surface area contributed by atoms with E-state index in [1.54, 1.807) is 11.9 Å². The van der Waals surface area contributed by atoms with Crippen molar-refractivity contribution in [3.05, 3.63) is 35.9 Å². The predicted octanol–water partition coefficient (Wildman–Crippen LogP) is 3.84. The van der Waals surface area contributed by atoms with E-state index in [2.05, 4.69) is 10.6 Å². The first kappa shape index (κ1) is 45.1. The Morgan fingerprint density at radius 3 is 2.09 bits per heavy atom. The zero-order chi connectivity index (χ0) is 41.0. The second kappa shape index (κ2) is 21.8. The minimum absolute atomic E-state index is 0.0126. The molecule has 4 fully saturated rings. The van der Waals surface area contributed by atoms with Crippen LogP contribution in [0.3, 0.4) is 0 Å². The molecule has 1 aromatic rings. The highest BCUT2D eigenvalue weighted by Crippen LogP contribution is 2.47. The van der Waals surface area contributed by atoms with Crippen molar-refractivity contribution in [3.8, 4) is 0 Å². The smallest absolute Gasteiger partial charge is 0.245 e. The molecule has 1 aliphatic heterocycles. The first-order chi connectivity index (χ1) is 27.5. The second-order valence-corrected chi connectivity index (χ2v) is 17.8. The van der Waals surface area contributed by atoms with Crippen molar-refractivity contribution in [1.82, 2.24) is 15.5 Å². The maximum atomic E-state index is 15.8. The number of ketones is 3. The Morgan fingerprint density at radius 1 is 0.807 bits per heavy atom. The molecule has 57 heavy (non-hydrogen) atoms. The van der Waals surface area contributed by atoms with E-state index in [-0.39, 0.29) is 29.6 Å². The van der Waals surface area contributed by atoms with E-state index in [0.717, 1.165) is 56.9 Å². The molecular formula is C45H73N7O5. The van der Waals surface area contributed by atoms with Crippen molar-refractivity contribution in [3.63, 3.8) is 0 Å². The summed E-state index contributed by atoms with van der Waals surface area (Å²) in [6, 6.07) is 4.92. The van der Waals surface area contributed by atoms with Gasteiger partial charge in [0.1, 0.15) is 11.5 Å². The fraction of sp³-hybridized carbons (Fsp3) is 0.756. The normalized spacial score (nSPS) is 25.5. The second-order valence-electron chi connectivity index (χ2n) is 17.8. The van der Waals surface area contributed by atoms with Gasteiger partial charge >= 0.3 is 0 Å². The van der Waals surface area contributed by atoms with Crippen LogP contribution < -0.4 is 33.6 Å². The molecule has 10 N–H and O–H groups in total. The van der Waals surface area contributed by atoms with E-state index in [0.29, 0.717) is 96.6 Å². The summed E-state index contributed by atoms with van der Waals surface area (Å²) in [5, 5.41) is 6.14. The van der Waals surface area contributed by atoms with E-state index in [4.69, 9.17) is 22.9 Å². The average molecular weight is 792 g/mol. The molecule has 4 aliphatic rings. The van der Waals surface area contributed by atoms with Gasteiger partial charge in [-0.3, -0.25) is 24.0 Å².